The van der Waals surface area contributed by atoms with Crippen molar-refractivity contribution in [2.75, 3.05) is 27.3 Å². The van der Waals surface area contributed by atoms with Crippen LogP contribution in [0, 0.1) is 5.92 Å². The molecule has 1 aromatic heterocycles. The summed E-state index contributed by atoms with van der Waals surface area (Å²) in [5, 5.41) is 12.0. The first kappa shape index (κ1) is 22.1. The SMILES string of the molecule is CCC(=O)N[C@H](c1nnc2n1CCN(Cc1c(OC)cccc1OC)CC2)C(C)C. The van der Waals surface area contributed by atoms with Gasteiger partial charge in [0.05, 0.1) is 25.8 Å². The third-order valence-corrected chi connectivity index (χ3v) is 5.64. The zero-order valence-electron chi connectivity index (χ0n) is 18.6. The quantitative estimate of drug-likeness (QED) is 0.714. The van der Waals surface area contributed by atoms with Crippen molar-refractivity contribution in [2.45, 2.75) is 52.7 Å². The summed E-state index contributed by atoms with van der Waals surface area (Å²) in [6.07, 6.45) is 1.26. The highest BCUT2D eigenvalue weighted by atomic mass is 16.5. The molecule has 0 saturated carbocycles. The molecule has 1 aromatic carbocycles. The molecule has 164 valence electrons. The van der Waals surface area contributed by atoms with Gasteiger partial charge in [-0.1, -0.05) is 26.8 Å². The van der Waals surface area contributed by atoms with Crippen molar-refractivity contribution in [3.05, 3.63) is 35.4 Å². The Morgan fingerprint density at radius 3 is 2.43 bits per heavy atom. The van der Waals surface area contributed by atoms with Crippen molar-refractivity contribution in [3.63, 3.8) is 0 Å². The van der Waals surface area contributed by atoms with Crippen molar-refractivity contribution >= 4 is 5.91 Å². The van der Waals surface area contributed by atoms with Crippen molar-refractivity contribution < 1.29 is 14.3 Å². The maximum absolute atomic E-state index is 12.0. The average molecular weight is 416 g/mol. The van der Waals surface area contributed by atoms with Crippen molar-refractivity contribution in [2.24, 2.45) is 5.92 Å². The van der Waals surface area contributed by atoms with E-state index in [1.165, 1.54) is 0 Å². The molecule has 1 aliphatic heterocycles. The van der Waals surface area contributed by atoms with E-state index < -0.39 is 0 Å². The molecule has 0 bridgehead atoms. The van der Waals surface area contributed by atoms with E-state index in [-0.39, 0.29) is 17.9 Å². The normalized spacial score (nSPS) is 15.4. The van der Waals surface area contributed by atoms with E-state index in [4.69, 9.17) is 9.47 Å². The minimum absolute atomic E-state index is 0.0320. The van der Waals surface area contributed by atoms with Gasteiger partial charge in [-0.05, 0) is 18.1 Å². The Morgan fingerprint density at radius 2 is 1.83 bits per heavy atom. The lowest BCUT2D eigenvalue weighted by molar-refractivity contribution is -0.121. The van der Waals surface area contributed by atoms with Crippen LogP contribution in [0.2, 0.25) is 0 Å². The van der Waals surface area contributed by atoms with Crippen LogP contribution in [0.4, 0.5) is 0 Å². The summed E-state index contributed by atoms with van der Waals surface area (Å²) in [7, 11) is 3.37. The van der Waals surface area contributed by atoms with Crippen LogP contribution in [0.1, 0.15) is 50.4 Å². The molecule has 0 aliphatic carbocycles. The average Bonchev–Trinajstić information content (AvgIpc) is 3.04. The minimum atomic E-state index is -0.139. The van der Waals surface area contributed by atoms with Crippen LogP contribution in [0.15, 0.2) is 18.2 Å². The van der Waals surface area contributed by atoms with Gasteiger partial charge in [0, 0.05) is 39.0 Å². The van der Waals surface area contributed by atoms with Crippen LogP contribution >= 0.6 is 0 Å². The zero-order valence-corrected chi connectivity index (χ0v) is 18.6. The number of nitrogens with one attached hydrogen (secondary N) is 1. The number of aromatic nitrogens is 3. The number of hydrogen-bond acceptors (Lipinski definition) is 6. The second kappa shape index (κ2) is 9.93. The van der Waals surface area contributed by atoms with Gasteiger partial charge in [-0.15, -0.1) is 10.2 Å². The number of hydrogen-bond donors (Lipinski definition) is 1. The molecule has 0 unspecified atom stereocenters. The van der Waals surface area contributed by atoms with Gasteiger partial charge in [-0.25, -0.2) is 0 Å². The Bertz CT molecular complexity index is 842. The highest BCUT2D eigenvalue weighted by molar-refractivity contribution is 5.75. The molecule has 0 radical (unpaired) electrons. The van der Waals surface area contributed by atoms with Crippen molar-refractivity contribution in [1.82, 2.24) is 25.0 Å². The summed E-state index contributed by atoms with van der Waals surface area (Å²) < 4.78 is 13.3. The van der Waals surface area contributed by atoms with Crippen LogP contribution in [0.5, 0.6) is 11.5 Å². The molecule has 30 heavy (non-hydrogen) atoms. The minimum Gasteiger partial charge on any atom is -0.496 e. The van der Waals surface area contributed by atoms with Crippen LogP contribution in [0.3, 0.4) is 0 Å². The van der Waals surface area contributed by atoms with Gasteiger partial charge in [0.25, 0.3) is 0 Å². The molecule has 1 atom stereocenters. The van der Waals surface area contributed by atoms with E-state index in [1.54, 1.807) is 14.2 Å². The van der Waals surface area contributed by atoms with E-state index >= 15 is 0 Å². The van der Waals surface area contributed by atoms with Crippen molar-refractivity contribution in [3.8, 4) is 11.5 Å². The third-order valence-electron chi connectivity index (χ3n) is 5.64. The summed E-state index contributed by atoms with van der Waals surface area (Å²) in [6.45, 7) is 9.29. The van der Waals surface area contributed by atoms with E-state index in [0.717, 1.165) is 61.3 Å². The Hall–Kier alpha value is -2.61. The summed E-state index contributed by atoms with van der Waals surface area (Å²) in [6, 6.07) is 5.73. The van der Waals surface area contributed by atoms with E-state index in [2.05, 4.69) is 38.8 Å². The number of benzene rings is 1. The Kier molecular flexibility index (Phi) is 7.31. The fourth-order valence-corrected chi connectivity index (χ4v) is 3.89. The monoisotopic (exact) mass is 415 g/mol. The maximum atomic E-state index is 12.0. The highest BCUT2D eigenvalue weighted by Crippen LogP contribution is 2.30. The van der Waals surface area contributed by atoms with Crippen LogP contribution < -0.4 is 14.8 Å². The maximum Gasteiger partial charge on any atom is 0.220 e. The lowest BCUT2D eigenvalue weighted by Gasteiger charge is -2.24. The molecule has 0 saturated heterocycles. The van der Waals surface area contributed by atoms with Gasteiger partial charge in [0.15, 0.2) is 5.82 Å². The first-order valence-corrected chi connectivity index (χ1v) is 10.6. The molecular formula is C22H33N5O3. The number of carbonyl (C=O) groups excluding carboxylic acids is 1. The number of methoxy groups -OCH3 is 2. The molecule has 1 amide bonds. The van der Waals surface area contributed by atoms with E-state index in [1.807, 2.05) is 25.1 Å². The smallest absolute Gasteiger partial charge is 0.220 e. The summed E-state index contributed by atoms with van der Waals surface area (Å²) >= 11 is 0. The predicted octanol–water partition coefficient (Wildman–Crippen LogP) is 2.58. The molecule has 0 fully saturated rings. The zero-order chi connectivity index (χ0) is 21.7. The topological polar surface area (TPSA) is 81.5 Å². The standard InChI is InChI=1S/C22H33N5O3/c1-6-20(28)23-21(15(2)3)22-25-24-19-10-11-26(12-13-27(19)22)14-16-17(29-4)8-7-9-18(16)30-5/h7-9,15,21H,6,10-14H2,1-5H3,(H,23,28)/t21-/m0/s1. The summed E-state index contributed by atoms with van der Waals surface area (Å²) in [5.41, 5.74) is 1.05. The van der Waals surface area contributed by atoms with Gasteiger partial charge in [0.1, 0.15) is 17.3 Å². The largest absolute Gasteiger partial charge is 0.496 e. The number of ether oxygens (including phenoxy) is 2. The van der Waals surface area contributed by atoms with Gasteiger partial charge in [-0.3, -0.25) is 9.69 Å². The predicted molar refractivity (Wildman–Crippen MR) is 115 cm³/mol. The fraction of sp³-hybridized carbons (Fsp3) is 0.591. The van der Waals surface area contributed by atoms with Gasteiger partial charge >= 0.3 is 0 Å². The van der Waals surface area contributed by atoms with Crippen LogP contribution in [0.25, 0.3) is 0 Å². The number of nitrogens with zero attached hydrogens (tertiary/aromatic N) is 4. The molecule has 2 heterocycles. The van der Waals surface area contributed by atoms with Crippen LogP contribution in [-0.2, 0) is 24.3 Å². The number of rotatable bonds is 8. The molecule has 0 spiro atoms. The number of carbonyl (C=O) groups is 1. The molecule has 8 nitrogen and oxygen atoms in total. The Morgan fingerprint density at radius 1 is 1.13 bits per heavy atom. The summed E-state index contributed by atoms with van der Waals surface area (Å²) in [5.74, 6) is 3.74. The molecule has 8 heteroatoms. The highest BCUT2D eigenvalue weighted by Gasteiger charge is 2.27. The first-order valence-electron chi connectivity index (χ1n) is 10.6. The molecule has 3 rings (SSSR count). The van der Waals surface area contributed by atoms with Gasteiger partial charge in [0.2, 0.25) is 5.91 Å². The third kappa shape index (κ3) is 4.75. The Balaban J connectivity index is 1.78. The lowest BCUT2D eigenvalue weighted by atomic mass is 10.0. The second-order valence-corrected chi connectivity index (χ2v) is 7.94. The molecule has 2 aromatic rings. The van der Waals surface area contributed by atoms with Gasteiger partial charge in [-0.2, -0.15) is 0 Å². The fourth-order valence-electron chi connectivity index (χ4n) is 3.89. The van der Waals surface area contributed by atoms with E-state index in [9.17, 15) is 4.79 Å². The second-order valence-electron chi connectivity index (χ2n) is 7.94. The summed E-state index contributed by atoms with van der Waals surface area (Å²) in [4.78, 5) is 14.4. The van der Waals surface area contributed by atoms with E-state index in [0.29, 0.717) is 6.42 Å². The molecular weight excluding hydrogens is 382 g/mol. The number of amides is 1. The van der Waals surface area contributed by atoms with Crippen LogP contribution in [-0.4, -0.2) is 52.9 Å². The number of fused-ring (bicyclic) bond motifs is 1. The van der Waals surface area contributed by atoms with Crippen molar-refractivity contribution in [1.29, 1.82) is 0 Å². The molecule has 1 aliphatic rings. The first-order chi connectivity index (χ1) is 14.5. The Labute approximate surface area is 178 Å². The molecule has 1 N–H and O–H groups in total. The lowest BCUT2D eigenvalue weighted by Crippen LogP contribution is -2.34. The van der Waals surface area contributed by atoms with Gasteiger partial charge < -0.3 is 19.4 Å².